The largest absolute Gasteiger partial charge is 0.335 e. The van der Waals surface area contributed by atoms with Crippen LogP contribution in [-0.2, 0) is 4.79 Å². The molecule has 3 rings (SSSR count). The second kappa shape index (κ2) is 9.71. The lowest BCUT2D eigenvalue weighted by Crippen LogP contribution is -2.32. The summed E-state index contributed by atoms with van der Waals surface area (Å²) in [6, 6.07) is 19.8. The lowest BCUT2D eigenvalue weighted by molar-refractivity contribution is -0.127. The van der Waals surface area contributed by atoms with Crippen molar-refractivity contribution in [3.8, 4) is 17.1 Å². The minimum Gasteiger partial charge on any atom is -0.335 e. The van der Waals surface area contributed by atoms with Crippen LogP contribution in [0.2, 0.25) is 0 Å². The van der Waals surface area contributed by atoms with E-state index in [1.54, 1.807) is 17.1 Å². The van der Waals surface area contributed by atoms with Gasteiger partial charge in [0.05, 0.1) is 5.75 Å². The Hall–Kier alpha value is -3.12. The van der Waals surface area contributed by atoms with Crippen LogP contribution in [-0.4, -0.2) is 44.4 Å². The maximum atomic E-state index is 12.6. The summed E-state index contributed by atoms with van der Waals surface area (Å²) in [5.41, 5.74) is 1.92. The molecule has 0 N–H and O–H groups in total. The molecule has 0 saturated carbocycles. The number of para-hydroxylation sites is 1. The van der Waals surface area contributed by atoms with Crippen molar-refractivity contribution in [3.05, 3.63) is 86.0 Å². The van der Waals surface area contributed by atoms with Gasteiger partial charge in [-0.05, 0) is 12.1 Å². The average Bonchev–Trinajstić information content (AvgIpc) is 3.17. The molecule has 1 heterocycles. The summed E-state index contributed by atoms with van der Waals surface area (Å²) in [6.07, 6.45) is 3.43. The summed E-state index contributed by atoms with van der Waals surface area (Å²) >= 11 is 1.38. The zero-order valence-electron chi connectivity index (χ0n) is 15.6. The number of carbonyl (C=O) groups excluding carboxylic acids is 1. The number of rotatable bonds is 9. The minimum absolute atomic E-state index is 0.00803. The Kier molecular flexibility index (Phi) is 6.81. The fourth-order valence-electron chi connectivity index (χ4n) is 2.75. The van der Waals surface area contributed by atoms with E-state index in [-0.39, 0.29) is 11.7 Å². The van der Waals surface area contributed by atoms with Crippen molar-refractivity contribution in [1.82, 2.24) is 19.7 Å². The third kappa shape index (κ3) is 4.58. The predicted octanol–water partition coefficient (Wildman–Crippen LogP) is 4.23. The first-order valence-electron chi connectivity index (χ1n) is 8.93. The Bertz CT molecular complexity index is 928. The van der Waals surface area contributed by atoms with Gasteiger partial charge in [0.1, 0.15) is 0 Å². The van der Waals surface area contributed by atoms with Crippen molar-refractivity contribution < 1.29 is 4.79 Å². The molecule has 0 unspecified atom stereocenters. The zero-order chi connectivity index (χ0) is 19.8. The third-order valence-electron chi connectivity index (χ3n) is 4.06. The smallest absolute Gasteiger partial charge is 0.233 e. The number of thioether (sulfide) groups is 1. The Labute approximate surface area is 169 Å². The molecule has 28 heavy (non-hydrogen) atoms. The van der Waals surface area contributed by atoms with Crippen LogP contribution < -0.4 is 0 Å². The Morgan fingerprint density at radius 1 is 0.964 bits per heavy atom. The van der Waals surface area contributed by atoms with Gasteiger partial charge in [-0.15, -0.1) is 23.4 Å². The van der Waals surface area contributed by atoms with Crippen LogP contribution in [0.5, 0.6) is 0 Å². The number of amides is 1. The standard InChI is InChI=1S/C22H22N4OS/c1-3-15-25(16-4-2)20(27)17-28-22-24-23-21(18-11-7-5-8-12-18)26(22)19-13-9-6-10-14-19/h3-14H,1-2,15-17H2. The fraction of sp³-hybridized carbons (Fsp3) is 0.136. The first-order chi connectivity index (χ1) is 13.7. The summed E-state index contributed by atoms with van der Waals surface area (Å²) in [5.74, 6) is 1.02. The molecule has 1 amide bonds. The first kappa shape index (κ1) is 19.6. The van der Waals surface area contributed by atoms with Gasteiger partial charge in [0, 0.05) is 24.3 Å². The third-order valence-corrected chi connectivity index (χ3v) is 4.97. The van der Waals surface area contributed by atoms with Gasteiger partial charge in [-0.2, -0.15) is 0 Å². The summed E-state index contributed by atoms with van der Waals surface area (Å²) in [7, 11) is 0. The molecule has 142 valence electrons. The molecular formula is C22H22N4OS. The Morgan fingerprint density at radius 2 is 1.57 bits per heavy atom. The van der Waals surface area contributed by atoms with Gasteiger partial charge in [0.25, 0.3) is 0 Å². The van der Waals surface area contributed by atoms with Crippen molar-refractivity contribution in [2.24, 2.45) is 0 Å². The van der Waals surface area contributed by atoms with Crippen molar-refractivity contribution in [3.63, 3.8) is 0 Å². The molecular weight excluding hydrogens is 368 g/mol. The second-order valence-corrected chi connectivity index (χ2v) is 6.95. The highest BCUT2D eigenvalue weighted by Crippen LogP contribution is 2.27. The monoisotopic (exact) mass is 390 g/mol. The quantitative estimate of drug-likeness (QED) is 0.405. The SMILES string of the molecule is C=CCN(CC=C)C(=O)CSc1nnc(-c2ccccc2)n1-c1ccccc1. The molecule has 0 bridgehead atoms. The topological polar surface area (TPSA) is 51.0 Å². The van der Waals surface area contributed by atoms with E-state index in [0.717, 1.165) is 17.1 Å². The first-order valence-corrected chi connectivity index (χ1v) is 9.91. The maximum absolute atomic E-state index is 12.6. The second-order valence-electron chi connectivity index (χ2n) is 6.01. The maximum Gasteiger partial charge on any atom is 0.233 e. The highest BCUT2D eigenvalue weighted by Gasteiger charge is 2.18. The lowest BCUT2D eigenvalue weighted by atomic mass is 10.2. The predicted molar refractivity (Wildman–Crippen MR) is 114 cm³/mol. The van der Waals surface area contributed by atoms with Gasteiger partial charge in [-0.3, -0.25) is 9.36 Å². The van der Waals surface area contributed by atoms with E-state index in [1.165, 1.54) is 11.8 Å². The minimum atomic E-state index is 0.00803. The van der Waals surface area contributed by atoms with Crippen LogP contribution in [0.1, 0.15) is 0 Å². The number of hydrogen-bond acceptors (Lipinski definition) is 4. The van der Waals surface area contributed by atoms with Crippen molar-refractivity contribution in [2.75, 3.05) is 18.8 Å². The molecule has 0 atom stereocenters. The van der Waals surface area contributed by atoms with Crippen LogP contribution in [0.3, 0.4) is 0 Å². The van der Waals surface area contributed by atoms with Crippen molar-refractivity contribution in [2.45, 2.75) is 5.16 Å². The molecule has 0 aliphatic heterocycles. The number of aromatic nitrogens is 3. The number of carbonyl (C=O) groups is 1. The van der Waals surface area contributed by atoms with Crippen LogP contribution in [0.15, 0.2) is 91.1 Å². The van der Waals surface area contributed by atoms with Gasteiger partial charge < -0.3 is 4.90 Å². The summed E-state index contributed by atoms with van der Waals surface area (Å²) < 4.78 is 1.98. The molecule has 0 spiro atoms. The number of nitrogens with zero attached hydrogens (tertiary/aromatic N) is 4. The normalized spacial score (nSPS) is 10.4. The number of hydrogen-bond donors (Lipinski definition) is 0. The van der Waals surface area contributed by atoms with Gasteiger partial charge >= 0.3 is 0 Å². The zero-order valence-corrected chi connectivity index (χ0v) is 16.4. The van der Waals surface area contributed by atoms with E-state index in [2.05, 4.69) is 23.4 Å². The summed E-state index contributed by atoms with van der Waals surface area (Å²) in [6.45, 7) is 8.41. The van der Waals surface area contributed by atoms with Gasteiger partial charge in [-0.25, -0.2) is 0 Å². The highest BCUT2D eigenvalue weighted by molar-refractivity contribution is 7.99. The molecule has 0 radical (unpaired) electrons. The fourth-order valence-corrected chi connectivity index (χ4v) is 3.61. The van der Waals surface area contributed by atoms with Crippen LogP contribution in [0, 0.1) is 0 Å². The highest BCUT2D eigenvalue weighted by atomic mass is 32.2. The summed E-state index contributed by atoms with van der Waals surface area (Å²) in [4.78, 5) is 14.3. The Balaban J connectivity index is 1.89. The van der Waals surface area contributed by atoms with Crippen molar-refractivity contribution >= 4 is 17.7 Å². The molecule has 0 aliphatic rings. The molecule has 0 fully saturated rings. The Morgan fingerprint density at radius 3 is 2.18 bits per heavy atom. The summed E-state index contributed by atoms with van der Waals surface area (Å²) in [5, 5.41) is 9.43. The lowest BCUT2D eigenvalue weighted by Gasteiger charge is -2.19. The van der Waals surface area contributed by atoms with E-state index in [1.807, 2.05) is 65.2 Å². The van der Waals surface area contributed by atoms with Crippen LogP contribution >= 0.6 is 11.8 Å². The van der Waals surface area contributed by atoms with E-state index in [4.69, 9.17) is 0 Å². The average molecular weight is 391 g/mol. The molecule has 0 aliphatic carbocycles. The molecule has 5 nitrogen and oxygen atoms in total. The number of benzene rings is 2. The molecule has 0 saturated heterocycles. The van der Waals surface area contributed by atoms with Crippen LogP contribution in [0.25, 0.3) is 17.1 Å². The molecule has 1 aromatic heterocycles. The van der Waals surface area contributed by atoms with E-state index in [9.17, 15) is 4.79 Å². The van der Waals surface area contributed by atoms with Gasteiger partial charge in [0.2, 0.25) is 5.91 Å². The van der Waals surface area contributed by atoms with Crippen molar-refractivity contribution in [1.29, 1.82) is 0 Å². The van der Waals surface area contributed by atoms with E-state index >= 15 is 0 Å². The van der Waals surface area contributed by atoms with Gasteiger partial charge in [-0.1, -0.05) is 72.4 Å². The van der Waals surface area contributed by atoms with E-state index < -0.39 is 0 Å². The molecule has 2 aromatic carbocycles. The van der Waals surface area contributed by atoms with E-state index in [0.29, 0.717) is 18.2 Å². The molecule has 3 aromatic rings. The van der Waals surface area contributed by atoms with Gasteiger partial charge in [0.15, 0.2) is 11.0 Å². The molecule has 6 heteroatoms. The van der Waals surface area contributed by atoms with Crippen LogP contribution in [0.4, 0.5) is 0 Å².